The predicted octanol–water partition coefficient (Wildman–Crippen LogP) is 3.26. The van der Waals surface area contributed by atoms with E-state index in [1.54, 1.807) is 12.1 Å². The number of aromatic nitrogens is 1. The van der Waals surface area contributed by atoms with Gasteiger partial charge in [0.1, 0.15) is 5.82 Å². The van der Waals surface area contributed by atoms with Crippen LogP contribution in [-0.4, -0.2) is 4.57 Å². The van der Waals surface area contributed by atoms with Gasteiger partial charge >= 0.3 is 0 Å². The average Bonchev–Trinajstić information content (AvgIpc) is 2.76. The smallest absolute Gasteiger partial charge is 0.123 e. The molecule has 0 bridgehead atoms. The summed E-state index contributed by atoms with van der Waals surface area (Å²) in [5, 5.41) is 3.26. The van der Waals surface area contributed by atoms with E-state index in [2.05, 4.69) is 29.1 Å². The van der Waals surface area contributed by atoms with Crippen LogP contribution in [0.4, 0.5) is 10.1 Å². The van der Waals surface area contributed by atoms with Gasteiger partial charge in [0.05, 0.1) is 6.54 Å². The Bertz CT molecular complexity index is 445. The zero-order chi connectivity index (χ0) is 11.4. The third-order valence-corrected chi connectivity index (χ3v) is 2.58. The molecule has 84 valence electrons. The highest BCUT2D eigenvalue weighted by molar-refractivity contribution is 5.43. The topological polar surface area (TPSA) is 17.0 Å². The van der Waals surface area contributed by atoms with Crippen LogP contribution in [0.5, 0.6) is 0 Å². The summed E-state index contributed by atoms with van der Waals surface area (Å²) in [5.74, 6) is -0.206. The highest BCUT2D eigenvalue weighted by atomic mass is 19.1. The van der Waals surface area contributed by atoms with Crippen molar-refractivity contribution in [3.05, 3.63) is 54.1 Å². The Morgan fingerprint density at radius 1 is 1.19 bits per heavy atom. The van der Waals surface area contributed by atoms with Gasteiger partial charge in [0.25, 0.3) is 0 Å². The maximum Gasteiger partial charge on any atom is 0.123 e. The van der Waals surface area contributed by atoms with Gasteiger partial charge in [-0.2, -0.15) is 0 Å². The van der Waals surface area contributed by atoms with Crippen LogP contribution >= 0.6 is 0 Å². The highest BCUT2D eigenvalue weighted by Crippen LogP contribution is 2.10. The van der Waals surface area contributed by atoms with Crippen LogP contribution < -0.4 is 5.32 Å². The van der Waals surface area contributed by atoms with Crippen molar-refractivity contribution in [3.63, 3.8) is 0 Å². The second-order valence-corrected chi connectivity index (χ2v) is 3.65. The SMILES string of the molecule is CCn1cccc1CNc1ccc(F)cc1. The molecule has 2 aromatic rings. The molecule has 1 aromatic carbocycles. The van der Waals surface area contributed by atoms with E-state index in [9.17, 15) is 4.39 Å². The monoisotopic (exact) mass is 218 g/mol. The van der Waals surface area contributed by atoms with E-state index in [1.807, 2.05) is 6.07 Å². The van der Waals surface area contributed by atoms with E-state index in [0.717, 1.165) is 18.8 Å². The number of halogens is 1. The molecule has 3 heteroatoms. The molecule has 0 amide bonds. The molecule has 0 saturated heterocycles. The van der Waals surface area contributed by atoms with Crippen molar-refractivity contribution in [2.24, 2.45) is 0 Å². The summed E-state index contributed by atoms with van der Waals surface area (Å²) >= 11 is 0. The van der Waals surface area contributed by atoms with Crippen LogP contribution in [0.15, 0.2) is 42.6 Å². The molecular formula is C13H15FN2. The van der Waals surface area contributed by atoms with Crippen LogP contribution in [-0.2, 0) is 13.1 Å². The molecule has 1 heterocycles. The van der Waals surface area contributed by atoms with Crippen molar-refractivity contribution in [2.45, 2.75) is 20.0 Å². The molecule has 16 heavy (non-hydrogen) atoms. The minimum atomic E-state index is -0.206. The highest BCUT2D eigenvalue weighted by Gasteiger charge is 1.98. The van der Waals surface area contributed by atoms with Crippen LogP contribution in [0.3, 0.4) is 0 Å². The maximum atomic E-state index is 12.7. The lowest BCUT2D eigenvalue weighted by atomic mass is 10.3. The normalized spacial score (nSPS) is 10.4. The largest absolute Gasteiger partial charge is 0.379 e. The van der Waals surface area contributed by atoms with Crippen molar-refractivity contribution in [1.82, 2.24) is 4.57 Å². The first-order chi connectivity index (χ1) is 7.79. The summed E-state index contributed by atoms with van der Waals surface area (Å²) in [7, 11) is 0. The van der Waals surface area contributed by atoms with E-state index in [-0.39, 0.29) is 5.82 Å². The molecule has 2 rings (SSSR count). The van der Waals surface area contributed by atoms with Gasteiger partial charge in [0.15, 0.2) is 0 Å². The van der Waals surface area contributed by atoms with E-state index in [0.29, 0.717) is 0 Å². The first kappa shape index (κ1) is 10.7. The fraction of sp³-hybridized carbons (Fsp3) is 0.231. The molecule has 0 unspecified atom stereocenters. The number of nitrogens with zero attached hydrogens (tertiary/aromatic N) is 1. The fourth-order valence-electron chi connectivity index (χ4n) is 1.68. The van der Waals surface area contributed by atoms with Gasteiger partial charge in [0.2, 0.25) is 0 Å². The zero-order valence-corrected chi connectivity index (χ0v) is 9.28. The van der Waals surface area contributed by atoms with Gasteiger partial charge in [-0.1, -0.05) is 0 Å². The molecule has 0 saturated carbocycles. The molecular weight excluding hydrogens is 203 g/mol. The van der Waals surface area contributed by atoms with Crippen molar-refractivity contribution in [1.29, 1.82) is 0 Å². The average molecular weight is 218 g/mol. The van der Waals surface area contributed by atoms with E-state index < -0.39 is 0 Å². The molecule has 1 N–H and O–H groups in total. The molecule has 0 spiro atoms. The van der Waals surface area contributed by atoms with Gasteiger partial charge in [-0.05, 0) is 43.3 Å². The van der Waals surface area contributed by atoms with Gasteiger partial charge in [-0.15, -0.1) is 0 Å². The molecule has 2 nitrogen and oxygen atoms in total. The van der Waals surface area contributed by atoms with Crippen molar-refractivity contribution >= 4 is 5.69 Å². The van der Waals surface area contributed by atoms with Crippen molar-refractivity contribution in [2.75, 3.05) is 5.32 Å². The quantitative estimate of drug-likeness (QED) is 0.833. The zero-order valence-electron chi connectivity index (χ0n) is 9.28. The van der Waals surface area contributed by atoms with Crippen molar-refractivity contribution in [3.8, 4) is 0 Å². The molecule has 0 aliphatic rings. The Balaban J connectivity index is 1.99. The molecule has 1 aromatic heterocycles. The van der Waals surface area contributed by atoms with Crippen molar-refractivity contribution < 1.29 is 4.39 Å². The van der Waals surface area contributed by atoms with Crippen LogP contribution in [0.1, 0.15) is 12.6 Å². The van der Waals surface area contributed by atoms with Crippen LogP contribution in [0, 0.1) is 5.82 Å². The summed E-state index contributed by atoms with van der Waals surface area (Å²) in [6, 6.07) is 10.5. The summed E-state index contributed by atoms with van der Waals surface area (Å²) in [6.45, 7) is 3.83. The summed E-state index contributed by atoms with van der Waals surface area (Å²) in [5.41, 5.74) is 2.16. The Morgan fingerprint density at radius 3 is 2.62 bits per heavy atom. The number of aryl methyl sites for hydroxylation is 1. The Morgan fingerprint density at radius 2 is 1.94 bits per heavy atom. The van der Waals surface area contributed by atoms with Gasteiger partial charge in [-0.3, -0.25) is 0 Å². The van der Waals surface area contributed by atoms with E-state index in [4.69, 9.17) is 0 Å². The number of anilines is 1. The second kappa shape index (κ2) is 4.84. The summed E-state index contributed by atoms with van der Waals surface area (Å²) in [6.07, 6.45) is 2.06. The minimum Gasteiger partial charge on any atom is -0.379 e. The molecule has 0 radical (unpaired) electrons. The van der Waals surface area contributed by atoms with E-state index >= 15 is 0 Å². The lowest BCUT2D eigenvalue weighted by Crippen LogP contribution is -2.05. The molecule has 0 aliphatic carbocycles. The van der Waals surface area contributed by atoms with E-state index in [1.165, 1.54) is 17.8 Å². The Labute approximate surface area is 94.7 Å². The fourth-order valence-corrected chi connectivity index (χ4v) is 1.68. The molecule has 0 fully saturated rings. The number of hydrogen-bond donors (Lipinski definition) is 1. The Kier molecular flexibility index (Phi) is 3.25. The summed E-state index contributed by atoms with van der Waals surface area (Å²) in [4.78, 5) is 0. The minimum absolute atomic E-state index is 0.206. The maximum absolute atomic E-state index is 12.7. The lowest BCUT2D eigenvalue weighted by molar-refractivity contribution is 0.628. The molecule has 0 aliphatic heterocycles. The van der Waals surface area contributed by atoms with Crippen LogP contribution in [0.25, 0.3) is 0 Å². The van der Waals surface area contributed by atoms with Crippen LogP contribution in [0.2, 0.25) is 0 Å². The first-order valence-corrected chi connectivity index (χ1v) is 5.43. The number of rotatable bonds is 4. The second-order valence-electron chi connectivity index (χ2n) is 3.65. The third-order valence-electron chi connectivity index (χ3n) is 2.58. The lowest BCUT2D eigenvalue weighted by Gasteiger charge is -2.09. The van der Waals surface area contributed by atoms with Gasteiger partial charge in [0, 0.05) is 24.1 Å². The van der Waals surface area contributed by atoms with Gasteiger partial charge in [-0.25, -0.2) is 4.39 Å². The number of benzene rings is 1. The standard InChI is InChI=1S/C13H15FN2/c1-2-16-9-3-4-13(16)10-15-12-7-5-11(14)6-8-12/h3-9,15H,2,10H2,1H3. The third kappa shape index (κ3) is 2.42. The summed E-state index contributed by atoms with van der Waals surface area (Å²) < 4.78 is 14.9. The van der Waals surface area contributed by atoms with Gasteiger partial charge < -0.3 is 9.88 Å². The molecule has 0 atom stereocenters. The predicted molar refractivity (Wildman–Crippen MR) is 63.8 cm³/mol. The first-order valence-electron chi connectivity index (χ1n) is 5.43. The number of nitrogens with one attached hydrogen (secondary N) is 1. The number of hydrogen-bond acceptors (Lipinski definition) is 1. The Hall–Kier alpha value is -1.77.